The van der Waals surface area contributed by atoms with Gasteiger partial charge in [-0.1, -0.05) is 13.8 Å². The maximum atomic E-state index is 13.9. The Kier molecular flexibility index (Phi) is 5.50. The molecule has 3 N–H and O–H groups in total. The number of ether oxygens (including phenoxy) is 1. The summed E-state index contributed by atoms with van der Waals surface area (Å²) in [5, 5.41) is 0. The fourth-order valence-electron chi connectivity index (χ4n) is 1.68. The van der Waals surface area contributed by atoms with Crippen LogP contribution in [0.3, 0.4) is 0 Å². The van der Waals surface area contributed by atoms with E-state index in [1.165, 1.54) is 7.11 Å². The highest BCUT2D eigenvalue weighted by atomic mass is 32.2. The summed E-state index contributed by atoms with van der Waals surface area (Å²) < 4.78 is 45.8. The third-order valence-corrected chi connectivity index (χ3v) is 4.57. The van der Waals surface area contributed by atoms with Crippen molar-refractivity contribution in [2.75, 3.05) is 19.5 Å². The van der Waals surface area contributed by atoms with E-state index in [1.54, 1.807) is 6.92 Å². The van der Waals surface area contributed by atoms with E-state index in [9.17, 15) is 12.8 Å². The van der Waals surface area contributed by atoms with E-state index in [0.717, 1.165) is 12.1 Å². The van der Waals surface area contributed by atoms with Crippen LogP contribution >= 0.6 is 0 Å². The van der Waals surface area contributed by atoms with Crippen LogP contribution in [0, 0.1) is 18.7 Å². The zero-order valence-corrected chi connectivity index (χ0v) is 12.9. The topological polar surface area (TPSA) is 81.4 Å². The van der Waals surface area contributed by atoms with E-state index in [-0.39, 0.29) is 18.2 Å². The average Bonchev–Trinajstić information content (AvgIpc) is 2.32. The Morgan fingerprint density at radius 3 is 2.50 bits per heavy atom. The number of benzene rings is 1. The van der Waals surface area contributed by atoms with Crippen LogP contribution in [0.15, 0.2) is 17.0 Å². The second kappa shape index (κ2) is 6.51. The Morgan fingerprint density at radius 2 is 2.00 bits per heavy atom. The zero-order chi connectivity index (χ0) is 15.5. The van der Waals surface area contributed by atoms with E-state index in [0.29, 0.717) is 5.56 Å². The lowest BCUT2D eigenvalue weighted by atomic mass is 10.1. The molecular weight excluding hydrogens is 283 g/mol. The van der Waals surface area contributed by atoms with E-state index < -0.39 is 26.8 Å². The first-order valence-corrected chi connectivity index (χ1v) is 7.74. The number of methoxy groups -OCH3 is 1. The molecule has 1 rings (SSSR count). The highest BCUT2D eigenvalue weighted by molar-refractivity contribution is 7.89. The molecule has 0 spiro atoms. The molecule has 1 unspecified atom stereocenters. The largest absolute Gasteiger partial charge is 0.398 e. The van der Waals surface area contributed by atoms with Crippen molar-refractivity contribution in [2.45, 2.75) is 31.7 Å². The Labute approximate surface area is 119 Å². The van der Waals surface area contributed by atoms with Crippen LogP contribution in [-0.4, -0.2) is 28.2 Å². The lowest BCUT2D eigenvalue weighted by Gasteiger charge is -2.21. The summed E-state index contributed by atoms with van der Waals surface area (Å²) in [6.45, 7) is 5.53. The van der Waals surface area contributed by atoms with Crippen LogP contribution in [0.1, 0.15) is 19.4 Å². The fourth-order valence-corrected chi connectivity index (χ4v) is 3.14. The quantitative estimate of drug-likeness (QED) is 0.783. The fraction of sp³-hybridized carbons (Fsp3) is 0.538. The van der Waals surface area contributed by atoms with E-state index in [2.05, 4.69) is 4.72 Å². The molecule has 0 bridgehead atoms. The molecule has 0 aromatic heterocycles. The molecule has 5 nitrogen and oxygen atoms in total. The van der Waals surface area contributed by atoms with Crippen LogP contribution in [0.4, 0.5) is 10.1 Å². The number of nitrogen functional groups attached to an aromatic ring is 1. The van der Waals surface area contributed by atoms with Crippen LogP contribution in [-0.2, 0) is 14.8 Å². The molecule has 0 aliphatic heterocycles. The molecule has 0 amide bonds. The van der Waals surface area contributed by atoms with Gasteiger partial charge < -0.3 is 10.5 Å². The molecule has 1 aromatic carbocycles. The Bertz CT molecular complexity index is 573. The van der Waals surface area contributed by atoms with Crippen molar-refractivity contribution < 1.29 is 17.5 Å². The SMILES string of the molecule is COCC(NS(=O)(=O)c1cc(N)c(C)cc1F)C(C)C. The van der Waals surface area contributed by atoms with Gasteiger partial charge in [-0.3, -0.25) is 0 Å². The van der Waals surface area contributed by atoms with Gasteiger partial charge in [0.1, 0.15) is 10.7 Å². The normalized spacial score (nSPS) is 13.7. The standard InChI is InChI=1S/C13H21FN2O3S/c1-8(2)12(7-19-4)16-20(17,18)13-6-11(15)9(3)5-10(13)14/h5-6,8,12,16H,7,15H2,1-4H3. The van der Waals surface area contributed by atoms with E-state index in [4.69, 9.17) is 10.5 Å². The van der Waals surface area contributed by atoms with E-state index >= 15 is 0 Å². The number of nitrogens with one attached hydrogen (secondary N) is 1. The molecule has 0 radical (unpaired) electrons. The molecule has 7 heteroatoms. The van der Waals surface area contributed by atoms with Gasteiger partial charge in [-0.05, 0) is 30.5 Å². The molecule has 114 valence electrons. The van der Waals surface area contributed by atoms with Crippen molar-refractivity contribution in [2.24, 2.45) is 5.92 Å². The number of hydrogen-bond donors (Lipinski definition) is 2. The summed E-state index contributed by atoms with van der Waals surface area (Å²) in [6.07, 6.45) is 0. The molecule has 0 aliphatic rings. The number of hydrogen-bond acceptors (Lipinski definition) is 4. The van der Waals surface area contributed by atoms with Gasteiger partial charge >= 0.3 is 0 Å². The van der Waals surface area contributed by atoms with Gasteiger partial charge in [0.25, 0.3) is 0 Å². The molecule has 0 aliphatic carbocycles. The third-order valence-electron chi connectivity index (χ3n) is 3.07. The maximum absolute atomic E-state index is 13.9. The van der Waals surface area contributed by atoms with Crippen LogP contribution in [0.2, 0.25) is 0 Å². The smallest absolute Gasteiger partial charge is 0.243 e. The summed E-state index contributed by atoms with van der Waals surface area (Å²) >= 11 is 0. The molecule has 0 saturated heterocycles. The number of rotatable bonds is 6. The van der Waals surface area contributed by atoms with Crippen LogP contribution < -0.4 is 10.5 Å². The second-order valence-electron chi connectivity index (χ2n) is 5.07. The van der Waals surface area contributed by atoms with Crippen molar-refractivity contribution >= 4 is 15.7 Å². The average molecular weight is 304 g/mol. The highest BCUT2D eigenvalue weighted by Gasteiger charge is 2.25. The minimum Gasteiger partial charge on any atom is -0.398 e. The first-order chi connectivity index (χ1) is 9.19. The Hall–Kier alpha value is -1.18. The zero-order valence-electron chi connectivity index (χ0n) is 12.1. The van der Waals surface area contributed by atoms with Crippen molar-refractivity contribution in [3.63, 3.8) is 0 Å². The predicted octanol–water partition coefficient (Wildman–Crippen LogP) is 1.67. The monoisotopic (exact) mass is 304 g/mol. The minimum absolute atomic E-state index is 0.00980. The Morgan fingerprint density at radius 1 is 1.40 bits per heavy atom. The number of halogens is 1. The first-order valence-electron chi connectivity index (χ1n) is 6.26. The summed E-state index contributed by atoms with van der Waals surface area (Å²) in [5.74, 6) is -0.806. The molecular formula is C13H21FN2O3S. The first kappa shape index (κ1) is 16.9. The van der Waals surface area contributed by atoms with Crippen LogP contribution in [0.5, 0.6) is 0 Å². The maximum Gasteiger partial charge on any atom is 0.243 e. The number of sulfonamides is 1. The van der Waals surface area contributed by atoms with Gasteiger partial charge in [0.15, 0.2) is 0 Å². The van der Waals surface area contributed by atoms with Crippen molar-refractivity contribution in [3.05, 3.63) is 23.5 Å². The number of anilines is 1. The molecule has 1 aromatic rings. The van der Waals surface area contributed by atoms with Crippen LogP contribution in [0.25, 0.3) is 0 Å². The predicted molar refractivity (Wildman–Crippen MR) is 76.4 cm³/mol. The molecule has 1 atom stereocenters. The van der Waals surface area contributed by atoms with Gasteiger partial charge in [-0.15, -0.1) is 0 Å². The number of aryl methyl sites for hydroxylation is 1. The van der Waals surface area contributed by atoms with Gasteiger partial charge in [-0.2, -0.15) is 0 Å². The van der Waals surface area contributed by atoms with Gasteiger partial charge in [0.2, 0.25) is 10.0 Å². The summed E-state index contributed by atoms with van der Waals surface area (Å²) in [4.78, 5) is -0.442. The summed E-state index contributed by atoms with van der Waals surface area (Å²) in [5.41, 5.74) is 6.39. The lowest BCUT2D eigenvalue weighted by molar-refractivity contribution is 0.157. The third kappa shape index (κ3) is 3.91. The van der Waals surface area contributed by atoms with Gasteiger partial charge in [0.05, 0.1) is 6.61 Å². The summed E-state index contributed by atoms with van der Waals surface area (Å²) in [6, 6.07) is 1.81. The van der Waals surface area contributed by atoms with Gasteiger partial charge in [-0.25, -0.2) is 17.5 Å². The van der Waals surface area contributed by atoms with E-state index in [1.807, 2.05) is 13.8 Å². The van der Waals surface area contributed by atoms with Crippen molar-refractivity contribution in [3.8, 4) is 0 Å². The minimum atomic E-state index is -3.98. The second-order valence-corrected chi connectivity index (χ2v) is 6.75. The molecule has 0 heterocycles. The molecule has 0 saturated carbocycles. The van der Waals surface area contributed by atoms with Crippen molar-refractivity contribution in [1.82, 2.24) is 4.72 Å². The number of nitrogens with two attached hydrogens (primary N) is 1. The van der Waals surface area contributed by atoms with Crippen molar-refractivity contribution in [1.29, 1.82) is 0 Å². The summed E-state index contributed by atoms with van der Waals surface area (Å²) in [7, 11) is -2.50. The highest BCUT2D eigenvalue weighted by Crippen LogP contribution is 2.22. The lowest BCUT2D eigenvalue weighted by Crippen LogP contribution is -2.41. The van der Waals surface area contributed by atoms with Gasteiger partial charge in [0, 0.05) is 18.8 Å². The Balaban J connectivity index is 3.13. The molecule has 0 fully saturated rings. The molecule has 20 heavy (non-hydrogen) atoms.